The SMILES string of the molecule is CN1c2c(cc(NC(=O)c3cc(F)cc(C(F)(F)F)c3)c(C(=O)c3cc(F)ccc3Cl)c2C#N)Cn2ccnc21. The van der Waals surface area contributed by atoms with Crippen LogP contribution in [-0.2, 0) is 12.7 Å². The van der Waals surface area contributed by atoms with Crippen molar-refractivity contribution in [3.8, 4) is 6.07 Å². The number of benzene rings is 3. The molecule has 40 heavy (non-hydrogen) atoms. The van der Waals surface area contributed by atoms with E-state index in [1.807, 2.05) is 6.07 Å². The van der Waals surface area contributed by atoms with Gasteiger partial charge in [-0.1, -0.05) is 11.6 Å². The smallest absolute Gasteiger partial charge is 0.321 e. The van der Waals surface area contributed by atoms with Crippen LogP contribution in [-0.4, -0.2) is 28.3 Å². The first-order valence-corrected chi connectivity index (χ1v) is 11.8. The summed E-state index contributed by atoms with van der Waals surface area (Å²) in [6, 6.07) is 7.65. The highest BCUT2D eigenvalue weighted by Gasteiger charge is 2.34. The van der Waals surface area contributed by atoms with Gasteiger partial charge in [-0.3, -0.25) is 9.59 Å². The Bertz CT molecular complexity index is 1760. The van der Waals surface area contributed by atoms with Crippen molar-refractivity contribution in [1.29, 1.82) is 5.26 Å². The molecule has 1 aliphatic rings. The lowest BCUT2D eigenvalue weighted by Crippen LogP contribution is -2.26. The number of rotatable bonds is 4. The number of imidazole rings is 1. The molecule has 1 amide bonds. The highest BCUT2D eigenvalue weighted by atomic mass is 35.5. The molecule has 3 aromatic carbocycles. The fraction of sp³-hybridized carbons (Fsp3) is 0.111. The number of hydrogen-bond acceptors (Lipinski definition) is 5. The van der Waals surface area contributed by atoms with Gasteiger partial charge >= 0.3 is 6.18 Å². The largest absolute Gasteiger partial charge is 0.416 e. The predicted molar refractivity (Wildman–Crippen MR) is 135 cm³/mol. The lowest BCUT2D eigenvalue weighted by atomic mass is 9.91. The summed E-state index contributed by atoms with van der Waals surface area (Å²) >= 11 is 6.16. The molecule has 5 rings (SSSR count). The van der Waals surface area contributed by atoms with Crippen LogP contribution in [0.25, 0.3) is 0 Å². The van der Waals surface area contributed by atoms with E-state index in [4.69, 9.17) is 11.6 Å². The molecule has 0 fully saturated rings. The highest BCUT2D eigenvalue weighted by Crippen LogP contribution is 2.41. The second-order valence-corrected chi connectivity index (χ2v) is 9.25. The molecule has 7 nitrogen and oxygen atoms in total. The lowest BCUT2D eigenvalue weighted by molar-refractivity contribution is -0.137. The second kappa shape index (κ2) is 9.77. The maximum absolute atomic E-state index is 14.1. The number of alkyl halides is 3. The molecule has 0 atom stereocenters. The summed E-state index contributed by atoms with van der Waals surface area (Å²) in [5, 5.41) is 12.4. The molecule has 0 saturated heterocycles. The van der Waals surface area contributed by atoms with Crippen molar-refractivity contribution in [2.24, 2.45) is 0 Å². The summed E-state index contributed by atoms with van der Waals surface area (Å²) in [5.74, 6) is -3.77. The van der Waals surface area contributed by atoms with Gasteiger partial charge in [-0.2, -0.15) is 18.4 Å². The van der Waals surface area contributed by atoms with Crippen molar-refractivity contribution >= 4 is 40.6 Å². The second-order valence-electron chi connectivity index (χ2n) is 8.84. The minimum absolute atomic E-state index is 0.144. The number of anilines is 3. The first kappa shape index (κ1) is 26.8. The number of carbonyl (C=O) groups excluding carboxylic acids is 2. The minimum Gasteiger partial charge on any atom is -0.321 e. The van der Waals surface area contributed by atoms with Crippen molar-refractivity contribution in [3.05, 3.63) is 105 Å². The Kier molecular flexibility index (Phi) is 6.55. The number of nitrogens with zero attached hydrogens (tertiary/aromatic N) is 4. The number of fused-ring (bicyclic) bond motifs is 2. The Morgan fingerprint density at radius 1 is 1.10 bits per heavy atom. The van der Waals surface area contributed by atoms with E-state index in [2.05, 4.69) is 10.3 Å². The summed E-state index contributed by atoms with van der Waals surface area (Å²) in [6.45, 7) is 0.167. The fourth-order valence-corrected chi connectivity index (χ4v) is 4.77. The van der Waals surface area contributed by atoms with Gasteiger partial charge in [0, 0.05) is 30.6 Å². The zero-order valence-electron chi connectivity index (χ0n) is 20.3. The van der Waals surface area contributed by atoms with E-state index in [1.165, 1.54) is 12.3 Å². The topological polar surface area (TPSA) is 91.0 Å². The maximum atomic E-state index is 14.1. The normalized spacial score (nSPS) is 12.4. The molecule has 4 aromatic rings. The molecule has 2 heterocycles. The fourth-order valence-electron chi connectivity index (χ4n) is 4.57. The molecule has 0 unspecified atom stereocenters. The van der Waals surface area contributed by atoms with Gasteiger partial charge in [0.25, 0.3) is 5.91 Å². The summed E-state index contributed by atoms with van der Waals surface area (Å²) in [5.41, 5.74) is -2.53. The maximum Gasteiger partial charge on any atom is 0.416 e. The monoisotopic (exact) mass is 571 g/mol. The number of aromatic nitrogens is 2. The molecular weight excluding hydrogens is 557 g/mol. The molecule has 0 aliphatic carbocycles. The van der Waals surface area contributed by atoms with Crippen LogP contribution in [0.15, 0.2) is 54.9 Å². The number of halogens is 6. The molecule has 0 bridgehead atoms. The Morgan fingerprint density at radius 3 is 2.55 bits per heavy atom. The van der Waals surface area contributed by atoms with Crippen molar-refractivity contribution in [3.63, 3.8) is 0 Å². The zero-order valence-corrected chi connectivity index (χ0v) is 21.0. The molecule has 13 heteroatoms. The molecule has 1 aliphatic heterocycles. The van der Waals surface area contributed by atoms with E-state index in [1.54, 1.807) is 22.7 Å². The Morgan fingerprint density at radius 2 is 1.85 bits per heavy atom. The molecule has 0 spiro atoms. The Hall–Kier alpha value is -4.76. The number of ketones is 1. The van der Waals surface area contributed by atoms with E-state index in [9.17, 15) is 36.8 Å². The van der Waals surface area contributed by atoms with E-state index in [-0.39, 0.29) is 45.7 Å². The van der Waals surface area contributed by atoms with Gasteiger partial charge in [0.05, 0.1) is 39.6 Å². The number of nitrogens with one attached hydrogen (secondary N) is 1. The average molecular weight is 572 g/mol. The number of amides is 1. The van der Waals surface area contributed by atoms with Crippen LogP contribution < -0.4 is 10.2 Å². The molecule has 1 N–H and O–H groups in total. The Labute approximate surface area is 228 Å². The predicted octanol–water partition coefficient (Wildman–Crippen LogP) is 6.32. The van der Waals surface area contributed by atoms with Crippen molar-refractivity contribution in [2.45, 2.75) is 12.7 Å². The van der Waals surface area contributed by atoms with Crippen molar-refractivity contribution < 1.29 is 31.5 Å². The lowest BCUT2D eigenvalue weighted by Gasteiger charge is -2.30. The van der Waals surface area contributed by atoms with Crippen LogP contribution in [0.1, 0.15) is 43.0 Å². The summed E-state index contributed by atoms with van der Waals surface area (Å²) < 4.78 is 69.6. The van der Waals surface area contributed by atoms with Crippen molar-refractivity contribution in [2.75, 3.05) is 17.3 Å². The van der Waals surface area contributed by atoms with Crippen LogP contribution >= 0.6 is 11.6 Å². The van der Waals surface area contributed by atoms with E-state index in [0.29, 0.717) is 23.6 Å². The standard InChI is InChI=1S/C27H15ClF5N5O2/c1-37-23-14(12-38-5-4-35-26(37)38)8-21(36-25(40)13-6-15(27(31,32)33)9-17(30)7-13)22(19(23)11-34)24(39)18-10-16(29)2-3-20(18)28/h2-10H,12H2,1H3,(H,36,40). The minimum atomic E-state index is -4.93. The third-order valence-electron chi connectivity index (χ3n) is 6.30. The van der Waals surface area contributed by atoms with Gasteiger partial charge in [-0.15, -0.1) is 0 Å². The first-order chi connectivity index (χ1) is 18.9. The number of nitriles is 1. The van der Waals surface area contributed by atoms with Gasteiger partial charge in [-0.05, 0) is 48.0 Å². The van der Waals surface area contributed by atoms with Crippen molar-refractivity contribution in [1.82, 2.24) is 9.55 Å². The van der Waals surface area contributed by atoms with Gasteiger partial charge in [0.1, 0.15) is 17.7 Å². The van der Waals surface area contributed by atoms with Gasteiger partial charge < -0.3 is 14.8 Å². The van der Waals surface area contributed by atoms with E-state index >= 15 is 0 Å². The Balaban J connectivity index is 1.70. The quantitative estimate of drug-likeness (QED) is 0.229. The van der Waals surface area contributed by atoms with Gasteiger partial charge in [0.2, 0.25) is 5.95 Å². The number of carbonyl (C=O) groups is 2. The molecule has 0 radical (unpaired) electrons. The van der Waals surface area contributed by atoms with Crippen LogP contribution in [0, 0.1) is 23.0 Å². The molecule has 202 valence electrons. The van der Waals surface area contributed by atoms with Crippen LogP contribution in [0.3, 0.4) is 0 Å². The number of hydrogen-bond donors (Lipinski definition) is 1. The third-order valence-corrected chi connectivity index (χ3v) is 6.63. The molecule has 1 aromatic heterocycles. The van der Waals surface area contributed by atoms with Gasteiger partial charge in [0.15, 0.2) is 5.78 Å². The summed E-state index contributed by atoms with van der Waals surface area (Å²) in [7, 11) is 1.60. The first-order valence-electron chi connectivity index (χ1n) is 11.4. The molecular formula is C27H15ClF5N5O2. The van der Waals surface area contributed by atoms with Gasteiger partial charge in [-0.25, -0.2) is 13.8 Å². The van der Waals surface area contributed by atoms with Crippen LogP contribution in [0.2, 0.25) is 5.02 Å². The highest BCUT2D eigenvalue weighted by molar-refractivity contribution is 6.35. The summed E-state index contributed by atoms with van der Waals surface area (Å²) in [4.78, 5) is 32.7. The molecule has 0 saturated carbocycles. The summed E-state index contributed by atoms with van der Waals surface area (Å²) in [6.07, 6.45) is -1.75. The third kappa shape index (κ3) is 4.65. The van der Waals surface area contributed by atoms with E-state index < -0.39 is 40.6 Å². The van der Waals surface area contributed by atoms with Crippen LogP contribution in [0.5, 0.6) is 0 Å². The average Bonchev–Trinajstić information content (AvgIpc) is 3.37. The zero-order chi connectivity index (χ0) is 28.9. The van der Waals surface area contributed by atoms with Crippen LogP contribution in [0.4, 0.5) is 39.3 Å². The van der Waals surface area contributed by atoms with E-state index in [0.717, 1.165) is 18.2 Å².